The Balaban J connectivity index is 2.65. The van der Waals surface area contributed by atoms with Gasteiger partial charge in [-0.2, -0.15) is 0 Å². The molecule has 1 saturated heterocycles. The van der Waals surface area contributed by atoms with Crippen molar-refractivity contribution in [1.29, 1.82) is 0 Å². The molecule has 1 fully saturated rings. The van der Waals surface area contributed by atoms with E-state index in [1.165, 1.54) is 12.0 Å². The first-order valence-electron chi connectivity index (χ1n) is 8.32. The second kappa shape index (κ2) is 7.84. The summed E-state index contributed by atoms with van der Waals surface area (Å²) < 4.78 is 0. The fraction of sp³-hybridized carbons (Fsp3) is 0.684. The van der Waals surface area contributed by atoms with E-state index in [2.05, 4.69) is 76.6 Å². The Morgan fingerprint density at radius 2 is 2.05 bits per heavy atom. The van der Waals surface area contributed by atoms with E-state index in [1.54, 1.807) is 0 Å². The van der Waals surface area contributed by atoms with Crippen molar-refractivity contribution in [3.05, 3.63) is 36.1 Å². The molecular weight excluding hydrogens is 256 g/mol. The van der Waals surface area contributed by atoms with Crippen LogP contribution in [0.15, 0.2) is 36.1 Å². The molecule has 21 heavy (non-hydrogen) atoms. The smallest absolute Gasteiger partial charge is 0.0332 e. The molecule has 0 aromatic carbocycles. The molecule has 1 heterocycles. The SMILES string of the molecule is C=C(/C=C(\C=C/CC)C(C)C)N1CCC(NC(C)(C)C)C1. The van der Waals surface area contributed by atoms with Crippen LogP contribution in [0.2, 0.25) is 0 Å². The highest BCUT2D eigenvalue weighted by Gasteiger charge is 2.25. The Hall–Kier alpha value is -1.02. The molecule has 1 aliphatic heterocycles. The van der Waals surface area contributed by atoms with Gasteiger partial charge in [-0.05, 0) is 51.2 Å². The third-order valence-corrected chi connectivity index (χ3v) is 3.78. The van der Waals surface area contributed by atoms with Gasteiger partial charge in [0.15, 0.2) is 0 Å². The fourth-order valence-corrected chi connectivity index (χ4v) is 2.70. The van der Waals surface area contributed by atoms with Gasteiger partial charge in [-0.15, -0.1) is 0 Å². The van der Waals surface area contributed by atoms with Crippen LogP contribution in [0.5, 0.6) is 0 Å². The summed E-state index contributed by atoms with van der Waals surface area (Å²) in [6.07, 6.45) is 9.02. The molecule has 0 spiro atoms. The van der Waals surface area contributed by atoms with Crippen LogP contribution in [-0.2, 0) is 0 Å². The molecule has 1 unspecified atom stereocenters. The van der Waals surface area contributed by atoms with Crippen molar-refractivity contribution >= 4 is 0 Å². The summed E-state index contributed by atoms with van der Waals surface area (Å²) in [5.41, 5.74) is 2.71. The highest BCUT2D eigenvalue weighted by Crippen LogP contribution is 2.21. The molecule has 0 radical (unpaired) electrons. The van der Waals surface area contributed by atoms with E-state index in [0.717, 1.165) is 25.2 Å². The first kappa shape index (κ1) is 18.0. The molecule has 1 rings (SSSR count). The summed E-state index contributed by atoms with van der Waals surface area (Å²) in [7, 11) is 0. The molecule has 1 aliphatic rings. The monoisotopic (exact) mass is 290 g/mol. The Kier molecular flexibility index (Phi) is 6.73. The summed E-state index contributed by atoms with van der Waals surface area (Å²) in [5.74, 6) is 0.538. The molecule has 1 atom stereocenters. The predicted molar refractivity (Wildman–Crippen MR) is 94.4 cm³/mol. The second-order valence-electron chi connectivity index (χ2n) is 7.43. The molecule has 0 saturated carbocycles. The first-order valence-corrected chi connectivity index (χ1v) is 8.32. The third kappa shape index (κ3) is 6.52. The molecule has 0 amide bonds. The summed E-state index contributed by atoms with van der Waals surface area (Å²) in [6, 6.07) is 0.573. The number of hydrogen-bond donors (Lipinski definition) is 1. The van der Waals surface area contributed by atoms with E-state index in [4.69, 9.17) is 0 Å². The minimum atomic E-state index is 0.185. The molecule has 0 aromatic rings. The standard InChI is InChI=1S/C19H34N2/c1-8-9-10-17(15(2)3)13-16(4)21-12-11-18(14-21)20-19(5,6)7/h9-10,13,15,18,20H,4,8,11-12,14H2,1-3,5-7H3/b10-9-,17-13+. The van der Waals surface area contributed by atoms with Crippen LogP contribution >= 0.6 is 0 Å². The van der Waals surface area contributed by atoms with Gasteiger partial charge in [0.1, 0.15) is 0 Å². The van der Waals surface area contributed by atoms with Gasteiger partial charge in [-0.25, -0.2) is 0 Å². The third-order valence-electron chi connectivity index (χ3n) is 3.78. The van der Waals surface area contributed by atoms with Gasteiger partial charge in [0.05, 0.1) is 0 Å². The largest absolute Gasteiger partial charge is 0.370 e. The molecule has 2 nitrogen and oxygen atoms in total. The maximum Gasteiger partial charge on any atom is 0.0332 e. The van der Waals surface area contributed by atoms with Gasteiger partial charge in [0.2, 0.25) is 0 Å². The van der Waals surface area contributed by atoms with Gasteiger partial charge in [0.25, 0.3) is 0 Å². The number of rotatable bonds is 6. The van der Waals surface area contributed by atoms with Gasteiger partial charge < -0.3 is 10.2 Å². The van der Waals surface area contributed by atoms with Gasteiger partial charge >= 0.3 is 0 Å². The number of hydrogen-bond acceptors (Lipinski definition) is 2. The quantitative estimate of drug-likeness (QED) is 0.724. The zero-order chi connectivity index (χ0) is 16.0. The second-order valence-corrected chi connectivity index (χ2v) is 7.43. The lowest BCUT2D eigenvalue weighted by molar-refractivity contribution is 0.349. The van der Waals surface area contributed by atoms with E-state index in [-0.39, 0.29) is 5.54 Å². The Labute approximate surface area is 132 Å². The maximum atomic E-state index is 4.29. The van der Waals surface area contributed by atoms with E-state index in [1.807, 2.05) is 0 Å². The van der Waals surface area contributed by atoms with Crippen molar-refractivity contribution in [2.24, 2.45) is 5.92 Å². The Bertz CT molecular complexity index is 396. The first-order chi connectivity index (χ1) is 9.73. The van der Waals surface area contributed by atoms with Crippen molar-refractivity contribution in [1.82, 2.24) is 10.2 Å². The highest BCUT2D eigenvalue weighted by atomic mass is 15.2. The van der Waals surface area contributed by atoms with Crippen molar-refractivity contribution in [3.63, 3.8) is 0 Å². The van der Waals surface area contributed by atoms with E-state index in [0.29, 0.717) is 12.0 Å². The average Bonchev–Trinajstić information content (AvgIpc) is 2.79. The number of likely N-dealkylation sites (tertiary alicyclic amines) is 1. The van der Waals surface area contributed by atoms with Gasteiger partial charge in [-0.3, -0.25) is 0 Å². The summed E-state index contributed by atoms with van der Waals surface area (Å²) in [5, 5.41) is 3.70. The zero-order valence-corrected chi connectivity index (χ0v) is 14.9. The molecular formula is C19H34N2. The lowest BCUT2D eigenvalue weighted by Crippen LogP contribution is -2.44. The van der Waals surface area contributed by atoms with E-state index < -0.39 is 0 Å². The average molecular weight is 290 g/mol. The van der Waals surface area contributed by atoms with Gasteiger partial charge in [-0.1, -0.05) is 39.5 Å². The minimum Gasteiger partial charge on any atom is -0.370 e. The molecule has 120 valence electrons. The van der Waals surface area contributed by atoms with Crippen LogP contribution < -0.4 is 5.32 Å². The van der Waals surface area contributed by atoms with Crippen LogP contribution in [-0.4, -0.2) is 29.6 Å². The predicted octanol–water partition coefficient (Wildman–Crippen LogP) is 4.51. The van der Waals surface area contributed by atoms with Crippen molar-refractivity contribution < 1.29 is 0 Å². The number of nitrogens with one attached hydrogen (secondary N) is 1. The van der Waals surface area contributed by atoms with Crippen molar-refractivity contribution in [3.8, 4) is 0 Å². The topological polar surface area (TPSA) is 15.3 Å². The summed E-state index contributed by atoms with van der Waals surface area (Å²) in [6.45, 7) is 19.8. The van der Waals surface area contributed by atoms with Crippen LogP contribution in [0.3, 0.4) is 0 Å². The Morgan fingerprint density at radius 3 is 2.57 bits per heavy atom. The molecule has 0 bridgehead atoms. The van der Waals surface area contributed by atoms with E-state index >= 15 is 0 Å². The summed E-state index contributed by atoms with van der Waals surface area (Å²) >= 11 is 0. The van der Waals surface area contributed by atoms with Crippen LogP contribution in [0.25, 0.3) is 0 Å². The highest BCUT2D eigenvalue weighted by molar-refractivity contribution is 5.29. The normalized spacial score (nSPS) is 20.8. The zero-order valence-electron chi connectivity index (χ0n) is 14.9. The van der Waals surface area contributed by atoms with Crippen LogP contribution in [0, 0.1) is 5.92 Å². The summed E-state index contributed by atoms with van der Waals surface area (Å²) in [4.78, 5) is 2.41. The number of nitrogens with zero attached hydrogens (tertiary/aromatic N) is 1. The molecule has 1 N–H and O–H groups in total. The fourth-order valence-electron chi connectivity index (χ4n) is 2.70. The Morgan fingerprint density at radius 1 is 1.38 bits per heavy atom. The molecule has 2 heteroatoms. The minimum absolute atomic E-state index is 0.185. The maximum absolute atomic E-state index is 4.29. The van der Waals surface area contributed by atoms with E-state index in [9.17, 15) is 0 Å². The van der Waals surface area contributed by atoms with Gasteiger partial charge in [0, 0.05) is 30.4 Å². The van der Waals surface area contributed by atoms with Crippen molar-refractivity contribution in [2.45, 2.75) is 66.0 Å². The lowest BCUT2D eigenvalue weighted by atomic mass is 10.0. The molecule has 0 aliphatic carbocycles. The van der Waals surface area contributed by atoms with Crippen LogP contribution in [0.1, 0.15) is 54.4 Å². The molecule has 0 aromatic heterocycles. The van der Waals surface area contributed by atoms with Crippen molar-refractivity contribution in [2.75, 3.05) is 13.1 Å². The van der Waals surface area contributed by atoms with Crippen LogP contribution in [0.4, 0.5) is 0 Å². The number of allylic oxidation sites excluding steroid dienone is 4. The lowest BCUT2D eigenvalue weighted by Gasteiger charge is -2.26.